The van der Waals surface area contributed by atoms with Crippen molar-refractivity contribution in [1.29, 1.82) is 0 Å². The fourth-order valence-electron chi connectivity index (χ4n) is 3.90. The molecule has 4 aromatic rings. The van der Waals surface area contributed by atoms with Crippen LogP contribution in [0.15, 0.2) is 54.6 Å². The van der Waals surface area contributed by atoms with Crippen LogP contribution >= 0.6 is 0 Å². The van der Waals surface area contributed by atoms with E-state index in [0.717, 1.165) is 28.6 Å². The van der Waals surface area contributed by atoms with Gasteiger partial charge in [-0.15, -0.1) is 0 Å². The predicted molar refractivity (Wildman–Crippen MR) is 112 cm³/mol. The number of hydrogen-bond donors (Lipinski definition) is 0. The van der Waals surface area contributed by atoms with Gasteiger partial charge in [-0.2, -0.15) is 9.46 Å². The van der Waals surface area contributed by atoms with Crippen molar-refractivity contribution in [1.82, 2.24) is 9.80 Å². The molecular formula is C22H20N4O4. The standard InChI is InChI=1S/C22H20N4O4/c1-23-9-11-24(12-10-23)22(27)30-20-8-4-7-17-21(20)26(29)19-14-16-6-3-2-5-15(16)13-18(19)25(17)28/h2-8,13-14H,9-12H2,1H3. The van der Waals surface area contributed by atoms with Crippen LogP contribution < -0.4 is 14.2 Å². The first-order chi connectivity index (χ1) is 14.5. The molecule has 1 saturated heterocycles. The number of rotatable bonds is 1. The van der Waals surface area contributed by atoms with Gasteiger partial charge in [-0.05, 0) is 23.9 Å². The highest BCUT2D eigenvalue weighted by molar-refractivity contribution is 5.94. The Kier molecular flexibility index (Phi) is 4.29. The van der Waals surface area contributed by atoms with Crippen LogP contribution in [0.25, 0.3) is 32.8 Å². The van der Waals surface area contributed by atoms with Gasteiger partial charge in [-0.25, -0.2) is 4.79 Å². The van der Waals surface area contributed by atoms with Gasteiger partial charge in [0.2, 0.25) is 5.75 Å². The molecule has 0 saturated carbocycles. The topological polar surface area (TPSA) is 86.7 Å². The predicted octanol–water partition coefficient (Wildman–Crippen LogP) is 2.16. The number of aromatic nitrogens is 2. The van der Waals surface area contributed by atoms with Gasteiger partial charge in [0.25, 0.3) is 16.6 Å². The van der Waals surface area contributed by atoms with Crippen LogP contribution in [0.4, 0.5) is 4.79 Å². The second-order valence-electron chi connectivity index (χ2n) is 7.56. The Balaban J connectivity index is 1.64. The van der Waals surface area contributed by atoms with Gasteiger partial charge >= 0.3 is 11.6 Å². The van der Waals surface area contributed by atoms with Crippen molar-refractivity contribution in [2.24, 2.45) is 0 Å². The fourth-order valence-corrected chi connectivity index (χ4v) is 3.90. The Labute approximate surface area is 172 Å². The summed E-state index contributed by atoms with van der Waals surface area (Å²) in [6.45, 7) is 2.61. The highest BCUT2D eigenvalue weighted by atomic mass is 16.6. The van der Waals surface area contributed by atoms with Gasteiger partial charge < -0.3 is 25.0 Å². The van der Waals surface area contributed by atoms with Gasteiger partial charge in [0.1, 0.15) is 0 Å². The van der Waals surface area contributed by atoms with Crippen molar-refractivity contribution in [3.63, 3.8) is 0 Å². The summed E-state index contributed by atoms with van der Waals surface area (Å²) in [5.74, 6) is 0.0751. The highest BCUT2D eigenvalue weighted by Crippen LogP contribution is 2.25. The lowest BCUT2D eigenvalue weighted by atomic mass is 10.1. The first kappa shape index (κ1) is 18.4. The summed E-state index contributed by atoms with van der Waals surface area (Å²) >= 11 is 0. The molecule has 1 aliphatic heterocycles. The maximum Gasteiger partial charge on any atom is 0.415 e. The van der Waals surface area contributed by atoms with Crippen LogP contribution in [0, 0.1) is 10.4 Å². The third kappa shape index (κ3) is 2.93. The number of carbonyl (C=O) groups is 1. The van der Waals surface area contributed by atoms with Crippen LogP contribution in [0.1, 0.15) is 0 Å². The molecular weight excluding hydrogens is 384 g/mol. The van der Waals surface area contributed by atoms with Crippen molar-refractivity contribution >= 4 is 38.9 Å². The minimum absolute atomic E-state index is 0.0396. The van der Waals surface area contributed by atoms with Gasteiger partial charge in [0, 0.05) is 44.4 Å². The van der Waals surface area contributed by atoms with E-state index in [1.54, 1.807) is 29.2 Å². The van der Waals surface area contributed by atoms with Crippen molar-refractivity contribution in [3.8, 4) is 5.75 Å². The Hall–Kier alpha value is -3.65. The number of nitrogens with zero attached hydrogens (tertiary/aromatic N) is 4. The van der Waals surface area contributed by atoms with E-state index in [2.05, 4.69) is 4.90 Å². The van der Waals surface area contributed by atoms with Gasteiger partial charge in [0.15, 0.2) is 0 Å². The second kappa shape index (κ2) is 7.00. The average molecular weight is 404 g/mol. The lowest BCUT2D eigenvalue weighted by molar-refractivity contribution is -0.591. The van der Waals surface area contributed by atoms with Crippen molar-refractivity contribution in [3.05, 3.63) is 65.0 Å². The maximum atomic E-state index is 13.3. The van der Waals surface area contributed by atoms with E-state index < -0.39 is 6.09 Å². The van der Waals surface area contributed by atoms with E-state index in [1.165, 1.54) is 6.07 Å². The minimum atomic E-state index is -0.522. The molecule has 8 nitrogen and oxygen atoms in total. The Morgan fingerprint density at radius 3 is 2.17 bits per heavy atom. The SMILES string of the molecule is CN1CCN(C(=O)Oc2cccc3c2[n+]([O-])c2cc4ccccc4cc2[n+]3[O-])CC1. The zero-order valence-electron chi connectivity index (χ0n) is 16.4. The molecule has 3 aromatic carbocycles. The summed E-state index contributed by atoms with van der Waals surface area (Å²) in [7, 11) is 2.00. The number of hydrogen-bond acceptors (Lipinski definition) is 5. The third-order valence-electron chi connectivity index (χ3n) is 5.64. The molecule has 1 aliphatic rings. The Bertz CT molecular complexity index is 1300. The molecule has 0 unspecified atom stereocenters. The summed E-state index contributed by atoms with van der Waals surface area (Å²) in [5.41, 5.74) is 0.673. The molecule has 5 rings (SSSR count). The summed E-state index contributed by atoms with van der Waals surface area (Å²) < 4.78 is 6.97. The molecule has 2 heterocycles. The smallest absolute Gasteiger partial charge is 0.415 e. The molecule has 152 valence electrons. The fraction of sp³-hybridized carbons (Fsp3) is 0.227. The first-order valence-corrected chi connectivity index (χ1v) is 9.78. The number of para-hydroxylation sites is 1. The van der Waals surface area contributed by atoms with Crippen molar-refractivity contribution in [2.45, 2.75) is 0 Å². The molecule has 0 spiro atoms. The second-order valence-corrected chi connectivity index (χ2v) is 7.56. The summed E-state index contributed by atoms with van der Waals surface area (Å²) in [6, 6.07) is 15.6. The largest absolute Gasteiger partial charge is 0.617 e. The monoisotopic (exact) mass is 404 g/mol. The normalized spacial score (nSPS) is 15.2. The minimum Gasteiger partial charge on any atom is -0.617 e. The molecule has 0 atom stereocenters. The van der Waals surface area contributed by atoms with Crippen molar-refractivity contribution in [2.75, 3.05) is 33.2 Å². The Morgan fingerprint density at radius 1 is 0.867 bits per heavy atom. The summed E-state index contributed by atoms with van der Waals surface area (Å²) in [4.78, 5) is 16.4. The first-order valence-electron chi connectivity index (χ1n) is 9.78. The van der Waals surface area contributed by atoms with E-state index in [-0.39, 0.29) is 27.8 Å². The number of piperazine rings is 1. The number of carbonyl (C=O) groups excluding carboxylic acids is 1. The van der Waals surface area contributed by atoms with Crippen LogP contribution in [-0.4, -0.2) is 49.1 Å². The van der Waals surface area contributed by atoms with Crippen LogP contribution in [0.3, 0.4) is 0 Å². The highest BCUT2D eigenvalue weighted by Gasteiger charge is 2.28. The molecule has 30 heavy (non-hydrogen) atoms. The summed E-state index contributed by atoms with van der Waals surface area (Å²) in [6.07, 6.45) is -0.522. The summed E-state index contributed by atoms with van der Waals surface area (Å²) in [5, 5.41) is 28.0. The Morgan fingerprint density at radius 2 is 1.50 bits per heavy atom. The molecule has 0 radical (unpaired) electrons. The number of amides is 1. The van der Waals surface area contributed by atoms with E-state index in [9.17, 15) is 15.2 Å². The molecule has 0 bridgehead atoms. The van der Waals surface area contributed by atoms with Crippen LogP contribution in [-0.2, 0) is 0 Å². The van der Waals surface area contributed by atoms with Gasteiger partial charge in [0.05, 0.1) is 0 Å². The van der Waals surface area contributed by atoms with Gasteiger partial charge in [-0.1, -0.05) is 30.3 Å². The zero-order chi connectivity index (χ0) is 20.8. The number of ether oxygens (including phenoxy) is 1. The van der Waals surface area contributed by atoms with E-state index in [0.29, 0.717) is 17.8 Å². The lowest BCUT2D eigenvalue weighted by Crippen LogP contribution is -2.48. The molecule has 1 amide bonds. The van der Waals surface area contributed by atoms with E-state index in [4.69, 9.17) is 4.74 Å². The van der Waals surface area contributed by atoms with E-state index in [1.807, 2.05) is 31.3 Å². The van der Waals surface area contributed by atoms with Gasteiger partial charge in [-0.3, -0.25) is 0 Å². The maximum absolute atomic E-state index is 13.3. The van der Waals surface area contributed by atoms with Crippen LogP contribution in [0.2, 0.25) is 0 Å². The third-order valence-corrected chi connectivity index (χ3v) is 5.64. The lowest BCUT2D eigenvalue weighted by Gasteiger charge is -2.31. The molecule has 1 aromatic heterocycles. The van der Waals surface area contributed by atoms with Crippen LogP contribution in [0.5, 0.6) is 5.75 Å². The molecule has 1 fully saturated rings. The number of fused-ring (bicyclic) bond motifs is 3. The average Bonchev–Trinajstić information content (AvgIpc) is 2.77. The number of benzene rings is 3. The molecule has 8 heteroatoms. The van der Waals surface area contributed by atoms with E-state index >= 15 is 0 Å². The van der Waals surface area contributed by atoms with Crippen molar-refractivity contribution < 1.29 is 19.0 Å². The molecule has 0 N–H and O–H groups in total. The number of likely N-dealkylation sites (N-methyl/N-ethyl adjacent to an activating group) is 1. The quantitative estimate of drug-likeness (QED) is 0.276. The molecule has 0 aliphatic carbocycles. The zero-order valence-corrected chi connectivity index (χ0v) is 16.4.